The largest absolute Gasteiger partial charge is 0.423 e. The van der Waals surface area contributed by atoms with Crippen LogP contribution in [0.4, 0.5) is 30.2 Å². The number of nitrogens with one attached hydrogen (secondary N) is 1. The summed E-state index contributed by atoms with van der Waals surface area (Å²) in [6.07, 6.45) is 0.218. The molecule has 0 unspecified atom stereocenters. The van der Waals surface area contributed by atoms with Crippen molar-refractivity contribution in [2.24, 2.45) is 5.92 Å². The number of carbonyl (C=O) groups excluding carboxylic acids is 1. The summed E-state index contributed by atoms with van der Waals surface area (Å²) in [4.78, 5) is 26.7. The molecule has 200 valence electrons. The molecule has 2 saturated heterocycles. The van der Waals surface area contributed by atoms with Gasteiger partial charge < -0.3 is 15.1 Å². The minimum Gasteiger partial charge on any atom is -0.380 e. The summed E-state index contributed by atoms with van der Waals surface area (Å²) in [5.74, 6) is 0.650. The SMILES string of the molecule is O=C(CCCC1CCN(c2ccc(Cl)cc2)CC1)N1CC[C@H](Nc2ccc([N+](=O)[O-])c(C(F)(F)F)c2)C1. The number of carbonyl (C=O) groups is 1. The lowest BCUT2D eigenvalue weighted by molar-refractivity contribution is -0.388. The third-order valence-corrected chi connectivity index (χ3v) is 7.47. The molecule has 0 aliphatic carbocycles. The van der Waals surface area contributed by atoms with E-state index in [0.717, 1.165) is 55.9 Å². The first-order valence-electron chi connectivity index (χ1n) is 12.5. The van der Waals surface area contributed by atoms with Crippen LogP contribution in [0, 0.1) is 16.0 Å². The second-order valence-electron chi connectivity index (χ2n) is 9.76. The Labute approximate surface area is 218 Å². The van der Waals surface area contributed by atoms with Crippen molar-refractivity contribution in [3.8, 4) is 0 Å². The van der Waals surface area contributed by atoms with Gasteiger partial charge in [-0.3, -0.25) is 14.9 Å². The summed E-state index contributed by atoms with van der Waals surface area (Å²) < 4.78 is 39.7. The zero-order valence-corrected chi connectivity index (χ0v) is 21.1. The second-order valence-corrected chi connectivity index (χ2v) is 10.2. The van der Waals surface area contributed by atoms with Crippen molar-refractivity contribution >= 4 is 34.6 Å². The van der Waals surface area contributed by atoms with Crippen molar-refractivity contribution in [3.63, 3.8) is 0 Å². The molecule has 0 radical (unpaired) electrons. The number of nitro benzene ring substituents is 1. The average Bonchev–Trinajstić information content (AvgIpc) is 3.33. The zero-order valence-electron chi connectivity index (χ0n) is 20.3. The topological polar surface area (TPSA) is 78.7 Å². The molecule has 7 nitrogen and oxygen atoms in total. The van der Waals surface area contributed by atoms with Crippen molar-refractivity contribution in [3.05, 3.63) is 63.2 Å². The van der Waals surface area contributed by atoms with Crippen LogP contribution >= 0.6 is 11.6 Å². The third-order valence-electron chi connectivity index (χ3n) is 7.22. The fourth-order valence-corrected chi connectivity index (χ4v) is 5.31. The lowest BCUT2D eigenvalue weighted by atomic mass is 9.91. The number of nitro groups is 1. The number of anilines is 2. The van der Waals surface area contributed by atoms with E-state index in [4.69, 9.17) is 11.6 Å². The molecule has 2 aliphatic rings. The maximum Gasteiger partial charge on any atom is 0.423 e. The number of likely N-dealkylation sites (tertiary alicyclic amines) is 1. The number of hydrogen-bond donors (Lipinski definition) is 1. The maximum atomic E-state index is 13.2. The number of rotatable bonds is 8. The Morgan fingerprint density at radius 2 is 1.78 bits per heavy atom. The summed E-state index contributed by atoms with van der Waals surface area (Å²) in [6.45, 7) is 2.91. The maximum absolute atomic E-state index is 13.2. The van der Waals surface area contributed by atoms with Crippen LogP contribution in [0.2, 0.25) is 5.02 Å². The van der Waals surface area contributed by atoms with Gasteiger partial charge in [0.15, 0.2) is 0 Å². The van der Waals surface area contributed by atoms with Gasteiger partial charge in [0, 0.05) is 61.1 Å². The summed E-state index contributed by atoms with van der Waals surface area (Å²) in [7, 11) is 0. The molecule has 0 aromatic heterocycles. The highest BCUT2D eigenvalue weighted by atomic mass is 35.5. The Bertz CT molecular complexity index is 1110. The number of nitrogens with zero attached hydrogens (tertiary/aromatic N) is 3. The molecule has 1 amide bonds. The van der Waals surface area contributed by atoms with Gasteiger partial charge in [-0.15, -0.1) is 0 Å². The normalized spacial score (nSPS) is 18.8. The Morgan fingerprint density at radius 1 is 1.08 bits per heavy atom. The van der Waals surface area contributed by atoms with Gasteiger partial charge in [0.25, 0.3) is 5.69 Å². The van der Waals surface area contributed by atoms with E-state index in [1.54, 1.807) is 4.90 Å². The van der Waals surface area contributed by atoms with Crippen LogP contribution in [-0.4, -0.2) is 48.0 Å². The molecule has 4 rings (SSSR count). The highest BCUT2D eigenvalue weighted by Crippen LogP contribution is 2.38. The number of benzene rings is 2. The van der Waals surface area contributed by atoms with E-state index in [1.165, 1.54) is 11.8 Å². The van der Waals surface area contributed by atoms with Crippen molar-refractivity contribution in [1.29, 1.82) is 0 Å². The molecular formula is C26H30ClF3N4O3. The van der Waals surface area contributed by atoms with Gasteiger partial charge in [-0.1, -0.05) is 11.6 Å². The van der Waals surface area contributed by atoms with Crippen LogP contribution in [0.15, 0.2) is 42.5 Å². The van der Waals surface area contributed by atoms with Gasteiger partial charge in [-0.25, -0.2) is 0 Å². The second kappa shape index (κ2) is 11.6. The van der Waals surface area contributed by atoms with Gasteiger partial charge in [0.05, 0.1) is 4.92 Å². The molecule has 0 spiro atoms. The molecule has 1 N–H and O–H groups in total. The van der Waals surface area contributed by atoms with Crippen LogP contribution in [0.5, 0.6) is 0 Å². The minimum atomic E-state index is -4.83. The molecule has 37 heavy (non-hydrogen) atoms. The number of hydrogen-bond acceptors (Lipinski definition) is 5. The molecule has 0 saturated carbocycles. The summed E-state index contributed by atoms with van der Waals surface area (Å²) in [5, 5.41) is 14.7. The Balaban J connectivity index is 1.19. The summed E-state index contributed by atoms with van der Waals surface area (Å²) in [6, 6.07) is 10.6. The monoisotopic (exact) mass is 538 g/mol. The van der Waals surface area contributed by atoms with E-state index in [0.29, 0.717) is 31.8 Å². The molecule has 2 fully saturated rings. The standard InChI is InChI=1S/C26H30ClF3N4O3/c27-19-4-7-22(8-5-19)32-13-10-18(11-14-32)2-1-3-25(35)33-15-12-21(17-33)31-20-6-9-24(34(36)37)23(16-20)26(28,29)30/h4-9,16,18,21,31H,1-3,10-15,17H2/t21-/m0/s1. The first-order valence-corrected chi connectivity index (χ1v) is 12.9. The number of alkyl halides is 3. The number of piperidine rings is 1. The molecule has 11 heteroatoms. The smallest absolute Gasteiger partial charge is 0.380 e. The first-order chi connectivity index (χ1) is 17.6. The molecule has 2 aliphatic heterocycles. The summed E-state index contributed by atoms with van der Waals surface area (Å²) in [5.41, 5.74) is -0.926. The van der Waals surface area contributed by atoms with Gasteiger partial charge in [0.2, 0.25) is 5.91 Å². The predicted molar refractivity (Wildman–Crippen MR) is 137 cm³/mol. The lowest BCUT2D eigenvalue weighted by Crippen LogP contribution is -2.34. The highest BCUT2D eigenvalue weighted by Gasteiger charge is 2.38. The molecule has 2 aromatic carbocycles. The van der Waals surface area contributed by atoms with Crippen molar-refractivity contribution in [2.45, 2.75) is 50.7 Å². The Morgan fingerprint density at radius 3 is 2.43 bits per heavy atom. The first kappa shape index (κ1) is 27.0. The lowest BCUT2D eigenvalue weighted by Gasteiger charge is -2.33. The molecule has 1 atom stereocenters. The van der Waals surface area contributed by atoms with E-state index in [2.05, 4.69) is 10.2 Å². The predicted octanol–water partition coefficient (Wildman–Crippen LogP) is 6.37. The van der Waals surface area contributed by atoms with Crippen LogP contribution in [-0.2, 0) is 11.0 Å². The van der Waals surface area contributed by atoms with Crippen molar-refractivity contribution in [2.75, 3.05) is 36.4 Å². The summed E-state index contributed by atoms with van der Waals surface area (Å²) >= 11 is 5.97. The van der Waals surface area contributed by atoms with Gasteiger partial charge in [0.1, 0.15) is 5.56 Å². The fourth-order valence-electron chi connectivity index (χ4n) is 5.18. The average molecular weight is 539 g/mol. The van der Waals surface area contributed by atoms with Crippen molar-refractivity contribution in [1.82, 2.24) is 4.90 Å². The van der Waals surface area contributed by atoms with Crippen LogP contribution in [0.1, 0.15) is 44.1 Å². The van der Waals surface area contributed by atoms with Crippen LogP contribution in [0.25, 0.3) is 0 Å². The minimum absolute atomic E-state index is 0.0579. The quantitative estimate of drug-likeness (QED) is 0.312. The van der Waals surface area contributed by atoms with E-state index in [9.17, 15) is 28.1 Å². The van der Waals surface area contributed by atoms with E-state index in [-0.39, 0.29) is 17.6 Å². The Kier molecular flexibility index (Phi) is 8.46. The van der Waals surface area contributed by atoms with E-state index in [1.807, 2.05) is 24.3 Å². The zero-order chi connectivity index (χ0) is 26.6. The molecular weight excluding hydrogens is 509 g/mol. The van der Waals surface area contributed by atoms with Crippen LogP contribution in [0.3, 0.4) is 0 Å². The fraction of sp³-hybridized carbons (Fsp3) is 0.500. The van der Waals surface area contributed by atoms with Gasteiger partial charge >= 0.3 is 6.18 Å². The van der Waals surface area contributed by atoms with Crippen molar-refractivity contribution < 1.29 is 22.9 Å². The van der Waals surface area contributed by atoms with E-state index < -0.39 is 22.4 Å². The molecule has 2 aromatic rings. The van der Waals surface area contributed by atoms with Gasteiger partial charge in [-0.05, 0) is 74.4 Å². The van der Waals surface area contributed by atoms with E-state index >= 15 is 0 Å². The molecule has 2 heterocycles. The third kappa shape index (κ3) is 7.06. The molecule has 0 bridgehead atoms. The van der Waals surface area contributed by atoms with Crippen LogP contribution < -0.4 is 10.2 Å². The number of amides is 1. The van der Waals surface area contributed by atoms with Gasteiger partial charge in [-0.2, -0.15) is 13.2 Å². The highest BCUT2D eigenvalue weighted by molar-refractivity contribution is 6.30. The number of halogens is 4. The Hall–Kier alpha value is -3.01.